The summed E-state index contributed by atoms with van der Waals surface area (Å²) >= 11 is 0. The molecule has 0 amide bonds. The summed E-state index contributed by atoms with van der Waals surface area (Å²) in [4.78, 5) is 39.6. The highest BCUT2D eigenvalue weighted by Gasteiger charge is 2.22. The van der Waals surface area contributed by atoms with Crippen LogP contribution in [0.1, 0.15) is 79.0 Å². The largest absolute Gasteiger partial charge is 0.254 e. The first kappa shape index (κ1) is 32.5. The zero-order valence-corrected chi connectivity index (χ0v) is 30.6. The molecule has 0 aliphatic rings. The molecule has 8 aromatic rings. The lowest BCUT2D eigenvalue weighted by Gasteiger charge is -2.19. The Kier molecular flexibility index (Phi) is 7.27. The summed E-state index contributed by atoms with van der Waals surface area (Å²) in [6.45, 7) is 19.8. The quantitative estimate of drug-likeness (QED) is 0.171. The molecule has 0 aliphatic carbocycles. The fraction of sp³-hybridized carbons (Fsp3) is 0.286. The highest BCUT2D eigenvalue weighted by atomic mass is 15.2. The van der Waals surface area contributed by atoms with Crippen molar-refractivity contribution in [1.29, 1.82) is 0 Å². The molecular formula is C42H41N9. The first-order valence-electron chi connectivity index (χ1n) is 17.4. The van der Waals surface area contributed by atoms with Crippen molar-refractivity contribution in [2.45, 2.75) is 78.6 Å². The fourth-order valence-electron chi connectivity index (χ4n) is 6.30. The predicted molar refractivity (Wildman–Crippen MR) is 205 cm³/mol. The van der Waals surface area contributed by atoms with Gasteiger partial charge in [-0.05, 0) is 32.9 Å². The van der Waals surface area contributed by atoms with E-state index in [4.69, 9.17) is 39.9 Å². The van der Waals surface area contributed by atoms with Crippen molar-refractivity contribution in [3.8, 4) is 33.8 Å². The van der Waals surface area contributed by atoms with Gasteiger partial charge in [-0.15, -0.1) is 0 Å². The number of rotatable bonds is 3. The van der Waals surface area contributed by atoms with E-state index in [-0.39, 0.29) is 16.2 Å². The molecule has 0 saturated carbocycles. The number of benzene rings is 3. The highest BCUT2D eigenvalue weighted by molar-refractivity contribution is 5.91. The molecule has 9 nitrogen and oxygen atoms in total. The standard InChI is InChI=1S/C42H41N9/c1-40(2,3)27-16-10-24(11-17-27)30-22-43-33-34(45-30)49-39-36(48-33)47-32(26-14-20-29(21-15-26)42(7,8)9)37-50-35-38(51(37)39)46-31(23-44-35)25-12-18-28(19-13-25)41(4,5)6/h10-23H,1-9H3. The molecule has 51 heavy (non-hydrogen) atoms. The molecule has 0 unspecified atom stereocenters. The van der Waals surface area contributed by atoms with Gasteiger partial charge < -0.3 is 0 Å². The van der Waals surface area contributed by atoms with Gasteiger partial charge >= 0.3 is 0 Å². The molecule has 0 bridgehead atoms. The Morgan fingerprint density at radius 1 is 0.373 bits per heavy atom. The third-order valence-electron chi connectivity index (χ3n) is 9.49. The second-order valence-electron chi connectivity index (χ2n) is 16.4. The Balaban J connectivity index is 1.35. The fourth-order valence-corrected chi connectivity index (χ4v) is 6.30. The third-order valence-corrected chi connectivity index (χ3v) is 9.49. The monoisotopic (exact) mass is 671 g/mol. The third kappa shape index (κ3) is 5.86. The Morgan fingerprint density at radius 3 is 1.31 bits per heavy atom. The van der Waals surface area contributed by atoms with E-state index in [1.54, 1.807) is 12.4 Å². The number of nitrogens with zero attached hydrogens (tertiary/aromatic N) is 9. The van der Waals surface area contributed by atoms with E-state index in [2.05, 4.69) is 135 Å². The van der Waals surface area contributed by atoms with Gasteiger partial charge in [0.2, 0.25) is 5.65 Å². The van der Waals surface area contributed by atoms with Crippen molar-refractivity contribution in [1.82, 2.24) is 44.3 Å². The zero-order valence-electron chi connectivity index (χ0n) is 30.6. The lowest BCUT2D eigenvalue weighted by atomic mass is 9.86. The van der Waals surface area contributed by atoms with Gasteiger partial charge in [0.05, 0.1) is 23.8 Å². The smallest absolute Gasteiger partial charge is 0.200 e. The molecule has 0 atom stereocenters. The van der Waals surface area contributed by atoms with Gasteiger partial charge in [0, 0.05) is 16.7 Å². The molecule has 0 spiro atoms. The molecular weight excluding hydrogens is 631 g/mol. The van der Waals surface area contributed by atoms with Crippen molar-refractivity contribution in [3.05, 3.63) is 102 Å². The number of hydrogen-bond acceptors (Lipinski definition) is 8. The van der Waals surface area contributed by atoms with Gasteiger partial charge in [-0.2, -0.15) is 0 Å². The van der Waals surface area contributed by atoms with E-state index >= 15 is 0 Å². The van der Waals surface area contributed by atoms with Crippen LogP contribution in [0.15, 0.2) is 85.2 Å². The number of aromatic nitrogens is 9. The van der Waals surface area contributed by atoms with E-state index in [9.17, 15) is 0 Å². The molecule has 0 radical (unpaired) electrons. The second kappa shape index (κ2) is 11.4. The SMILES string of the molecule is CC(C)(C)c1ccc(-c2cnc3nc4nc(-c5ccc(C(C)(C)C)cc5)c5nc6ncc(-c7ccc(C(C)(C)C)cc7)nc6n5c4nc3n2)cc1. The van der Waals surface area contributed by atoms with E-state index in [0.29, 0.717) is 50.9 Å². The van der Waals surface area contributed by atoms with Crippen LogP contribution in [0.4, 0.5) is 0 Å². The van der Waals surface area contributed by atoms with Crippen molar-refractivity contribution < 1.29 is 0 Å². The molecule has 8 rings (SSSR count). The average molecular weight is 672 g/mol. The molecule has 5 aromatic heterocycles. The van der Waals surface area contributed by atoms with Gasteiger partial charge in [0.25, 0.3) is 0 Å². The van der Waals surface area contributed by atoms with E-state index in [1.807, 2.05) is 4.40 Å². The van der Waals surface area contributed by atoms with Gasteiger partial charge in [-0.25, -0.2) is 39.9 Å². The summed E-state index contributed by atoms with van der Waals surface area (Å²) in [5.74, 6) is 0. The Morgan fingerprint density at radius 2 is 0.804 bits per heavy atom. The van der Waals surface area contributed by atoms with E-state index < -0.39 is 0 Å². The Bertz CT molecular complexity index is 2600. The Hall–Kier alpha value is -5.70. The summed E-state index contributed by atoms with van der Waals surface area (Å²) in [6.07, 6.45) is 3.52. The topological polar surface area (TPSA) is 108 Å². The number of fused-ring (bicyclic) bond motifs is 6. The predicted octanol–water partition coefficient (Wildman–Crippen LogP) is 9.45. The molecule has 9 heteroatoms. The normalized spacial score (nSPS) is 12.8. The highest BCUT2D eigenvalue weighted by Crippen LogP contribution is 2.33. The van der Waals surface area contributed by atoms with Crippen molar-refractivity contribution in [2.75, 3.05) is 0 Å². The second-order valence-corrected chi connectivity index (χ2v) is 16.4. The summed E-state index contributed by atoms with van der Waals surface area (Å²) < 4.78 is 1.92. The van der Waals surface area contributed by atoms with Crippen LogP contribution in [0.5, 0.6) is 0 Å². The van der Waals surface area contributed by atoms with Crippen LogP contribution in [0.3, 0.4) is 0 Å². The van der Waals surface area contributed by atoms with Gasteiger partial charge in [0.1, 0.15) is 5.69 Å². The first-order valence-corrected chi connectivity index (χ1v) is 17.4. The molecule has 3 aromatic carbocycles. The molecule has 0 saturated heterocycles. The van der Waals surface area contributed by atoms with Crippen LogP contribution < -0.4 is 0 Å². The maximum Gasteiger partial charge on any atom is 0.200 e. The summed E-state index contributed by atoms with van der Waals surface area (Å²) in [5, 5.41) is 0. The minimum atomic E-state index is 0.0124. The number of hydrogen-bond donors (Lipinski definition) is 0. The van der Waals surface area contributed by atoms with E-state index in [0.717, 1.165) is 22.4 Å². The summed E-state index contributed by atoms with van der Waals surface area (Å²) in [7, 11) is 0. The lowest BCUT2D eigenvalue weighted by molar-refractivity contribution is 0.590. The van der Waals surface area contributed by atoms with Gasteiger partial charge in [0.15, 0.2) is 33.9 Å². The average Bonchev–Trinajstić information content (AvgIpc) is 3.48. The van der Waals surface area contributed by atoms with Crippen LogP contribution in [0.25, 0.3) is 73.3 Å². The zero-order chi connectivity index (χ0) is 35.9. The maximum absolute atomic E-state index is 5.14. The minimum Gasteiger partial charge on any atom is -0.254 e. The molecule has 0 N–H and O–H groups in total. The van der Waals surface area contributed by atoms with Crippen LogP contribution in [-0.4, -0.2) is 44.3 Å². The van der Waals surface area contributed by atoms with Crippen molar-refractivity contribution >= 4 is 39.5 Å². The van der Waals surface area contributed by atoms with Crippen molar-refractivity contribution in [2.24, 2.45) is 0 Å². The van der Waals surface area contributed by atoms with Gasteiger partial charge in [-0.1, -0.05) is 135 Å². The summed E-state index contributed by atoms with van der Waals surface area (Å²) in [5.41, 5.74) is 12.2. The van der Waals surface area contributed by atoms with Crippen LogP contribution in [0, 0.1) is 0 Å². The first-order chi connectivity index (χ1) is 24.1. The maximum atomic E-state index is 5.14. The molecule has 0 fully saturated rings. The minimum absolute atomic E-state index is 0.0124. The van der Waals surface area contributed by atoms with Crippen LogP contribution in [-0.2, 0) is 16.2 Å². The lowest BCUT2D eigenvalue weighted by Crippen LogP contribution is -2.10. The van der Waals surface area contributed by atoms with Crippen LogP contribution in [0.2, 0.25) is 0 Å². The molecule has 5 heterocycles. The Labute approximate surface area is 297 Å². The number of imidazole rings is 1. The molecule has 0 aliphatic heterocycles. The molecule has 254 valence electrons. The van der Waals surface area contributed by atoms with Gasteiger partial charge in [-0.3, -0.25) is 4.40 Å². The van der Waals surface area contributed by atoms with Crippen molar-refractivity contribution in [3.63, 3.8) is 0 Å². The van der Waals surface area contributed by atoms with Crippen LogP contribution >= 0.6 is 0 Å². The summed E-state index contributed by atoms with van der Waals surface area (Å²) in [6, 6.07) is 25.4. The van der Waals surface area contributed by atoms with E-state index in [1.165, 1.54) is 16.7 Å².